The maximum absolute atomic E-state index is 13.8. The van der Waals surface area contributed by atoms with Crippen LogP contribution in [0, 0.1) is 0 Å². The lowest BCUT2D eigenvalue weighted by atomic mass is 10.2. The Morgan fingerprint density at radius 3 is 2.42 bits per heavy atom. The lowest BCUT2D eigenvalue weighted by molar-refractivity contribution is -0.143. The Bertz CT molecular complexity index is 1240. The highest BCUT2D eigenvalue weighted by molar-refractivity contribution is 7.89. The topological polar surface area (TPSA) is 84.3 Å². The second kappa shape index (κ2) is 8.33. The Labute approximate surface area is 181 Å². The van der Waals surface area contributed by atoms with E-state index in [2.05, 4.69) is 10.4 Å². The molecule has 0 saturated carbocycles. The minimum Gasteiger partial charge on any atom is -0.322 e. The average molecular weight is 473 g/mol. The first-order valence-electron chi connectivity index (χ1n) is 8.66. The van der Waals surface area contributed by atoms with Crippen LogP contribution in [-0.2, 0) is 16.2 Å². The van der Waals surface area contributed by atoms with Crippen molar-refractivity contribution in [3.63, 3.8) is 0 Å². The van der Waals surface area contributed by atoms with Gasteiger partial charge < -0.3 is 5.32 Å². The summed E-state index contributed by atoms with van der Waals surface area (Å²) in [6.45, 7) is 0. The molecule has 0 saturated heterocycles. The molecule has 0 unspecified atom stereocenters. The molecule has 0 fully saturated rings. The summed E-state index contributed by atoms with van der Waals surface area (Å²) in [5.41, 5.74) is -1.98. The van der Waals surface area contributed by atoms with E-state index in [-0.39, 0.29) is 21.3 Å². The van der Waals surface area contributed by atoms with Crippen LogP contribution >= 0.6 is 11.6 Å². The first-order chi connectivity index (χ1) is 14.4. The van der Waals surface area contributed by atoms with E-state index < -0.39 is 33.4 Å². The van der Waals surface area contributed by atoms with Crippen molar-refractivity contribution in [1.29, 1.82) is 0 Å². The Balaban J connectivity index is 2.00. The second-order valence-corrected chi connectivity index (χ2v) is 9.15. The largest absolute Gasteiger partial charge is 0.434 e. The van der Waals surface area contributed by atoms with Gasteiger partial charge in [-0.2, -0.15) is 18.3 Å². The summed E-state index contributed by atoms with van der Waals surface area (Å²) in [5.74, 6) is -1.10. The third-order valence-electron chi connectivity index (χ3n) is 4.21. The monoisotopic (exact) mass is 472 g/mol. The molecule has 3 aromatic rings. The highest BCUT2D eigenvalue weighted by Crippen LogP contribution is 2.34. The molecular formula is C19H16ClF3N4O3S. The number of carbonyl (C=O) groups is 1. The van der Waals surface area contributed by atoms with Gasteiger partial charge in [0.1, 0.15) is 0 Å². The molecule has 1 heterocycles. The molecule has 7 nitrogen and oxygen atoms in total. The van der Waals surface area contributed by atoms with E-state index in [1.165, 1.54) is 56.6 Å². The minimum absolute atomic E-state index is 0.0107. The highest BCUT2D eigenvalue weighted by atomic mass is 35.5. The Morgan fingerprint density at radius 2 is 1.81 bits per heavy atom. The van der Waals surface area contributed by atoms with Crippen LogP contribution in [-0.4, -0.2) is 42.5 Å². The third kappa shape index (κ3) is 4.73. The van der Waals surface area contributed by atoms with Gasteiger partial charge in [0.05, 0.1) is 22.3 Å². The summed E-state index contributed by atoms with van der Waals surface area (Å²) in [5, 5.41) is 6.21. The number of nitrogens with one attached hydrogen (secondary N) is 1. The maximum atomic E-state index is 13.8. The first kappa shape index (κ1) is 22.8. The number of aromatic nitrogens is 2. The molecule has 12 heteroatoms. The standard InChI is InChI=1S/C19H16ClF3N4O3S/c1-26(2)31(29,30)15-8-4-6-13(10-15)25-18(28)16-11-24-27(17(16)19(21,22)23)14-7-3-5-12(20)9-14/h3-11H,1-2H3,(H,25,28). The molecule has 2 aromatic carbocycles. The molecule has 0 bridgehead atoms. The number of amides is 1. The molecule has 164 valence electrons. The molecule has 1 aromatic heterocycles. The number of nitrogens with zero attached hydrogens (tertiary/aromatic N) is 3. The molecule has 0 aliphatic rings. The minimum atomic E-state index is -4.90. The van der Waals surface area contributed by atoms with Crippen molar-refractivity contribution in [3.8, 4) is 5.69 Å². The van der Waals surface area contributed by atoms with E-state index in [4.69, 9.17) is 11.6 Å². The van der Waals surface area contributed by atoms with E-state index in [0.717, 1.165) is 16.6 Å². The second-order valence-electron chi connectivity index (χ2n) is 6.57. The molecular weight excluding hydrogens is 457 g/mol. The van der Waals surface area contributed by atoms with Crippen LogP contribution < -0.4 is 5.32 Å². The van der Waals surface area contributed by atoms with Gasteiger partial charge in [0.15, 0.2) is 5.69 Å². The van der Waals surface area contributed by atoms with Crippen LogP contribution in [0.2, 0.25) is 5.02 Å². The fourth-order valence-electron chi connectivity index (χ4n) is 2.73. The summed E-state index contributed by atoms with van der Waals surface area (Å²) in [7, 11) is -1.13. The van der Waals surface area contributed by atoms with Crippen LogP contribution in [0.1, 0.15) is 16.1 Å². The fourth-order valence-corrected chi connectivity index (χ4v) is 3.87. The normalized spacial score (nSPS) is 12.2. The van der Waals surface area contributed by atoms with Gasteiger partial charge in [-0.25, -0.2) is 17.4 Å². The summed E-state index contributed by atoms with van der Waals surface area (Å²) < 4.78 is 67.4. The lowest BCUT2D eigenvalue weighted by Gasteiger charge is -2.14. The number of carbonyl (C=O) groups excluding carboxylic acids is 1. The van der Waals surface area contributed by atoms with E-state index in [0.29, 0.717) is 4.68 Å². The van der Waals surface area contributed by atoms with Gasteiger partial charge in [0, 0.05) is 24.8 Å². The maximum Gasteiger partial charge on any atom is 0.434 e. The molecule has 3 rings (SSSR count). The van der Waals surface area contributed by atoms with Gasteiger partial charge in [0.2, 0.25) is 10.0 Å². The van der Waals surface area contributed by atoms with Gasteiger partial charge in [0.25, 0.3) is 5.91 Å². The molecule has 1 N–H and O–H groups in total. The summed E-state index contributed by atoms with van der Waals surface area (Å²) in [4.78, 5) is 12.5. The first-order valence-corrected chi connectivity index (χ1v) is 10.5. The van der Waals surface area contributed by atoms with Crippen LogP contribution in [0.4, 0.5) is 18.9 Å². The van der Waals surface area contributed by atoms with Crippen molar-refractivity contribution < 1.29 is 26.4 Å². The zero-order chi connectivity index (χ0) is 23.0. The third-order valence-corrected chi connectivity index (χ3v) is 6.25. The molecule has 31 heavy (non-hydrogen) atoms. The molecule has 0 aliphatic heterocycles. The Morgan fingerprint density at radius 1 is 1.13 bits per heavy atom. The average Bonchev–Trinajstić information content (AvgIpc) is 3.14. The summed E-state index contributed by atoms with van der Waals surface area (Å²) in [6.07, 6.45) is -4.11. The van der Waals surface area contributed by atoms with Crippen LogP contribution in [0.25, 0.3) is 5.69 Å². The van der Waals surface area contributed by atoms with Gasteiger partial charge in [-0.15, -0.1) is 0 Å². The smallest absolute Gasteiger partial charge is 0.322 e. The number of rotatable bonds is 5. The predicted molar refractivity (Wildman–Crippen MR) is 109 cm³/mol. The number of halogens is 4. The van der Waals surface area contributed by atoms with Crippen molar-refractivity contribution >= 4 is 33.2 Å². The van der Waals surface area contributed by atoms with E-state index >= 15 is 0 Å². The van der Waals surface area contributed by atoms with Gasteiger partial charge in [-0.3, -0.25) is 4.79 Å². The molecule has 0 spiro atoms. The Kier molecular flexibility index (Phi) is 6.12. The number of alkyl halides is 3. The number of benzene rings is 2. The summed E-state index contributed by atoms with van der Waals surface area (Å²) in [6, 6.07) is 10.8. The number of hydrogen-bond donors (Lipinski definition) is 1. The number of sulfonamides is 1. The zero-order valence-corrected chi connectivity index (χ0v) is 17.8. The van der Waals surface area contributed by atoms with Crippen LogP contribution in [0.3, 0.4) is 0 Å². The zero-order valence-electron chi connectivity index (χ0n) is 16.2. The number of anilines is 1. The van der Waals surface area contributed by atoms with Crippen molar-refractivity contribution in [2.75, 3.05) is 19.4 Å². The van der Waals surface area contributed by atoms with E-state index in [9.17, 15) is 26.4 Å². The van der Waals surface area contributed by atoms with Gasteiger partial charge in [-0.05, 0) is 36.4 Å². The van der Waals surface area contributed by atoms with Crippen molar-refractivity contribution in [2.45, 2.75) is 11.1 Å². The van der Waals surface area contributed by atoms with E-state index in [1.54, 1.807) is 0 Å². The molecule has 0 aliphatic carbocycles. The van der Waals surface area contributed by atoms with Crippen LogP contribution in [0.15, 0.2) is 59.6 Å². The van der Waals surface area contributed by atoms with Crippen molar-refractivity contribution in [3.05, 3.63) is 71.0 Å². The number of hydrogen-bond acceptors (Lipinski definition) is 4. The molecule has 0 atom stereocenters. The molecule has 0 radical (unpaired) electrons. The quantitative estimate of drug-likeness (QED) is 0.607. The molecule has 1 amide bonds. The summed E-state index contributed by atoms with van der Waals surface area (Å²) >= 11 is 5.86. The van der Waals surface area contributed by atoms with Gasteiger partial charge in [-0.1, -0.05) is 23.7 Å². The predicted octanol–water partition coefficient (Wildman–Crippen LogP) is 4.05. The van der Waals surface area contributed by atoms with E-state index in [1.807, 2.05) is 0 Å². The highest BCUT2D eigenvalue weighted by Gasteiger charge is 2.40. The Hall–Kier alpha value is -2.89. The van der Waals surface area contributed by atoms with Gasteiger partial charge >= 0.3 is 6.18 Å². The SMILES string of the molecule is CN(C)S(=O)(=O)c1cccc(NC(=O)c2cnn(-c3cccc(Cl)c3)c2C(F)(F)F)c1. The lowest BCUT2D eigenvalue weighted by Crippen LogP contribution is -2.23. The van der Waals surface area contributed by atoms with Crippen LogP contribution in [0.5, 0.6) is 0 Å². The van der Waals surface area contributed by atoms with Crippen molar-refractivity contribution in [1.82, 2.24) is 14.1 Å². The fraction of sp³-hybridized carbons (Fsp3) is 0.158. The van der Waals surface area contributed by atoms with Crippen molar-refractivity contribution in [2.24, 2.45) is 0 Å².